The summed E-state index contributed by atoms with van der Waals surface area (Å²) in [5, 5.41) is 18.3. The molecule has 2 aromatic carbocycles. The lowest BCUT2D eigenvalue weighted by atomic mass is 9.83. The van der Waals surface area contributed by atoms with Crippen molar-refractivity contribution in [3.63, 3.8) is 0 Å². The van der Waals surface area contributed by atoms with Crippen molar-refractivity contribution in [3.05, 3.63) is 70.8 Å². The molecular formula is C58H88Cl2N8O8S2. The molecule has 434 valence electrons. The first-order valence-corrected chi connectivity index (χ1v) is 30.4. The summed E-state index contributed by atoms with van der Waals surface area (Å²) in [6.45, 7) is 13.0. The van der Waals surface area contributed by atoms with Gasteiger partial charge in [0.05, 0.1) is 47.1 Å². The summed E-state index contributed by atoms with van der Waals surface area (Å²) in [5.74, 6) is 0.244. The van der Waals surface area contributed by atoms with Crippen LogP contribution in [-0.2, 0) is 51.1 Å². The minimum atomic E-state index is -0.683. The Bertz CT molecular complexity index is 2240. The number of halogens is 2. The molecule has 0 spiro atoms. The quantitative estimate of drug-likeness (QED) is 0.0630. The topological polar surface area (TPSA) is 200 Å². The van der Waals surface area contributed by atoms with E-state index in [0.717, 1.165) is 74.0 Å². The van der Waals surface area contributed by atoms with E-state index in [0.29, 0.717) is 51.7 Å². The largest absolute Gasteiger partial charge is 0.375 e. The van der Waals surface area contributed by atoms with E-state index in [1.807, 2.05) is 24.3 Å². The molecule has 2 aromatic rings. The fourth-order valence-corrected chi connectivity index (χ4v) is 15.7. The van der Waals surface area contributed by atoms with Gasteiger partial charge in [0.15, 0.2) is 0 Å². The van der Waals surface area contributed by atoms with Crippen LogP contribution in [0.1, 0.15) is 153 Å². The number of hydrogen-bond acceptors (Lipinski definition) is 12. The number of amides is 6. The van der Waals surface area contributed by atoms with Crippen LogP contribution in [0.5, 0.6) is 0 Å². The fraction of sp³-hybridized carbons (Fsp3) is 0.690. The Morgan fingerprint density at radius 1 is 0.577 bits per heavy atom. The van der Waals surface area contributed by atoms with Gasteiger partial charge >= 0.3 is 0 Å². The number of nitrogens with one attached hydrogen (secondary N) is 6. The number of hydrogen-bond donors (Lipinski definition) is 6. The summed E-state index contributed by atoms with van der Waals surface area (Å²) in [4.78, 5) is 86.7. The van der Waals surface area contributed by atoms with Crippen molar-refractivity contribution in [2.75, 3.05) is 38.8 Å². The molecule has 4 saturated heterocycles. The van der Waals surface area contributed by atoms with Crippen LogP contribution in [0.2, 0.25) is 0 Å². The highest BCUT2D eigenvalue weighted by molar-refractivity contribution is 8.00. The van der Waals surface area contributed by atoms with Crippen LogP contribution in [-0.4, -0.2) is 143 Å². The first-order valence-electron chi connectivity index (χ1n) is 28.3. The SMILES string of the molecule is CNC(C)C(=O)N[C@H]1CCS[C@H]2CC(C)(C)[C@@H](C(=O)N[C@H]3c4ccccc4C[C@H]3OCCCCCCCCCCO[C@@H]3Cc4ccccc4[C@@H]3NC(=O)[C@H]3N4C(=O)[C@@H](NC(=O)C(C)NC)CCS[C@H]4CC3(C)C)N2C1=O.Cl.Cl. The van der Waals surface area contributed by atoms with Crippen LogP contribution in [0.25, 0.3) is 0 Å². The number of likely N-dealkylation sites (N-methyl/N-ethyl adjacent to an activating group) is 2. The van der Waals surface area contributed by atoms with Crippen molar-refractivity contribution in [2.24, 2.45) is 10.8 Å². The number of unbranched alkanes of at least 4 members (excludes halogenated alkanes) is 7. The molecule has 8 rings (SSSR count). The number of fused-ring (bicyclic) bond motifs is 4. The van der Waals surface area contributed by atoms with Crippen molar-refractivity contribution in [1.82, 2.24) is 41.7 Å². The number of rotatable bonds is 23. The Morgan fingerprint density at radius 3 is 1.31 bits per heavy atom. The zero-order valence-corrected chi connectivity index (χ0v) is 50.3. The highest BCUT2D eigenvalue weighted by Crippen LogP contribution is 2.48. The summed E-state index contributed by atoms with van der Waals surface area (Å²) in [6.07, 6.45) is 11.9. The Hall–Kier alpha value is -3.62. The smallest absolute Gasteiger partial charge is 0.246 e. The van der Waals surface area contributed by atoms with Gasteiger partial charge in [-0.1, -0.05) is 115 Å². The number of carbonyl (C=O) groups is 6. The van der Waals surface area contributed by atoms with Gasteiger partial charge in [0.25, 0.3) is 0 Å². The van der Waals surface area contributed by atoms with Gasteiger partial charge in [-0.25, -0.2) is 0 Å². The number of nitrogens with zero attached hydrogens (tertiary/aromatic N) is 2. The van der Waals surface area contributed by atoms with Crippen molar-refractivity contribution in [3.8, 4) is 0 Å². The summed E-state index contributed by atoms with van der Waals surface area (Å²) < 4.78 is 13.2. The Morgan fingerprint density at radius 2 is 0.936 bits per heavy atom. The van der Waals surface area contributed by atoms with E-state index >= 15 is 0 Å². The number of benzene rings is 2. The second kappa shape index (κ2) is 28.4. The first kappa shape index (κ1) is 63.6. The monoisotopic (exact) mass is 1160 g/mol. The predicted molar refractivity (Wildman–Crippen MR) is 314 cm³/mol. The van der Waals surface area contributed by atoms with Gasteiger partial charge in [0.1, 0.15) is 24.2 Å². The van der Waals surface area contributed by atoms with Gasteiger partial charge in [-0.05, 0) is 111 Å². The maximum absolute atomic E-state index is 14.5. The lowest BCUT2D eigenvalue weighted by molar-refractivity contribution is -0.144. The second-order valence-corrected chi connectivity index (χ2v) is 26.0. The lowest BCUT2D eigenvalue weighted by Crippen LogP contribution is -2.58. The molecule has 4 fully saturated rings. The number of carbonyl (C=O) groups excluding carboxylic acids is 6. The van der Waals surface area contributed by atoms with E-state index in [4.69, 9.17) is 9.47 Å². The van der Waals surface area contributed by atoms with Gasteiger partial charge in [-0.3, -0.25) is 28.8 Å². The molecule has 12 atom stereocenters. The summed E-state index contributed by atoms with van der Waals surface area (Å²) in [6, 6.07) is 12.2. The molecule has 16 nitrogen and oxygen atoms in total. The van der Waals surface area contributed by atoms with E-state index < -0.39 is 47.1 Å². The van der Waals surface area contributed by atoms with Crippen molar-refractivity contribution >= 4 is 83.8 Å². The third-order valence-electron chi connectivity index (χ3n) is 17.0. The normalized spacial score (nSPS) is 28.3. The fourth-order valence-electron chi connectivity index (χ4n) is 12.5. The van der Waals surface area contributed by atoms with E-state index in [2.05, 4.69) is 83.9 Å². The minimum absolute atomic E-state index is 0. The highest BCUT2D eigenvalue weighted by atomic mass is 35.5. The van der Waals surface area contributed by atoms with Gasteiger partial charge in [-0.15, -0.1) is 48.3 Å². The maximum Gasteiger partial charge on any atom is 0.246 e. The summed E-state index contributed by atoms with van der Waals surface area (Å²) >= 11 is 3.39. The Labute approximate surface area is 484 Å². The molecule has 2 aliphatic carbocycles. The van der Waals surface area contributed by atoms with E-state index in [1.165, 1.54) is 11.1 Å². The number of thioether (sulfide) groups is 2. The first-order chi connectivity index (χ1) is 36.4. The average Bonchev–Trinajstić information content (AvgIpc) is 4.17. The Kier molecular flexibility index (Phi) is 23.1. The molecule has 4 aliphatic heterocycles. The molecule has 0 aromatic heterocycles. The standard InChI is InChI=1S/C58H86N8O8S2.2ClH/c1-35(59-7)51(67)61-41-25-29-75-45-33-57(3,4)49(65(45)55(41)71)53(69)63-47-39-23-17-15-21-37(39)31-43(47)73-27-19-13-11-9-10-12-14-20-28-74-44-32-38-22-16-18-24-40(38)48(44)64-54(70)50-58(5,6)34-46-66(50)56(72)42(26-30-76-46)62-52(68)36(2)60-8;;/h15-18,21-24,35-36,41-50,59-60H,9-14,19-20,25-34H2,1-8H3,(H,61,67)(H,62,68)(H,63,69)(H,64,70);2*1H/t35?,36?,41-,42-,43+,44+,45-,46-,47-,48-,49+,50+;;/m0../s1. The average molecular weight is 1160 g/mol. The van der Waals surface area contributed by atoms with Gasteiger partial charge in [0, 0.05) is 26.1 Å². The van der Waals surface area contributed by atoms with Gasteiger partial charge < -0.3 is 51.2 Å². The van der Waals surface area contributed by atoms with Crippen molar-refractivity contribution in [1.29, 1.82) is 0 Å². The van der Waals surface area contributed by atoms with Crippen LogP contribution < -0.4 is 31.9 Å². The molecule has 2 unspecified atom stereocenters. The zero-order chi connectivity index (χ0) is 54.3. The van der Waals surface area contributed by atoms with Crippen LogP contribution >= 0.6 is 48.3 Å². The minimum Gasteiger partial charge on any atom is -0.375 e. The van der Waals surface area contributed by atoms with Crippen LogP contribution in [0.4, 0.5) is 0 Å². The number of ether oxygens (including phenoxy) is 2. The molecule has 6 N–H and O–H groups in total. The molecule has 6 aliphatic rings. The second-order valence-electron chi connectivity index (χ2n) is 23.5. The van der Waals surface area contributed by atoms with Crippen LogP contribution in [0.15, 0.2) is 48.5 Å². The molecule has 6 amide bonds. The molecule has 78 heavy (non-hydrogen) atoms. The Balaban J connectivity index is 0.00000492. The molecule has 20 heteroatoms. The third-order valence-corrected chi connectivity index (χ3v) is 19.5. The maximum atomic E-state index is 14.5. The molecular weight excluding hydrogens is 1070 g/mol. The van der Waals surface area contributed by atoms with E-state index in [9.17, 15) is 28.8 Å². The molecule has 4 heterocycles. The van der Waals surface area contributed by atoms with Crippen molar-refractivity contribution in [2.45, 2.75) is 203 Å². The highest BCUT2D eigenvalue weighted by Gasteiger charge is 2.57. The van der Waals surface area contributed by atoms with Crippen LogP contribution in [0, 0.1) is 10.8 Å². The third kappa shape index (κ3) is 14.5. The summed E-state index contributed by atoms with van der Waals surface area (Å²) in [7, 11) is 3.43. The van der Waals surface area contributed by atoms with Crippen LogP contribution in [0.3, 0.4) is 0 Å². The van der Waals surface area contributed by atoms with Crippen molar-refractivity contribution < 1.29 is 38.2 Å². The van der Waals surface area contributed by atoms with E-state index in [-0.39, 0.29) is 95.3 Å². The zero-order valence-electron chi connectivity index (χ0n) is 47.1. The van der Waals surface area contributed by atoms with Gasteiger partial charge in [0.2, 0.25) is 35.4 Å². The summed E-state index contributed by atoms with van der Waals surface area (Å²) in [5.41, 5.74) is 3.53. The molecule has 0 saturated carbocycles. The predicted octanol–water partition coefficient (Wildman–Crippen LogP) is 6.91. The lowest BCUT2D eigenvalue weighted by Gasteiger charge is -2.35. The van der Waals surface area contributed by atoms with Gasteiger partial charge in [-0.2, -0.15) is 0 Å². The van der Waals surface area contributed by atoms with E-state index in [1.54, 1.807) is 61.3 Å². The molecule has 0 bridgehead atoms. The molecule has 0 radical (unpaired) electrons.